The third-order valence-corrected chi connectivity index (χ3v) is 3.81. The lowest BCUT2D eigenvalue weighted by Gasteiger charge is -2.15. The summed E-state index contributed by atoms with van der Waals surface area (Å²) >= 11 is 5.32. The highest BCUT2D eigenvalue weighted by Gasteiger charge is 2.08. The fourth-order valence-corrected chi connectivity index (χ4v) is 2.32. The Morgan fingerprint density at radius 3 is 3.00 bits per heavy atom. The molecule has 0 saturated heterocycles. The largest absolute Gasteiger partial charge is 0.383 e. The molecule has 0 aliphatic heterocycles. The molecular formula is C10H17BrN4S. The number of thioether (sulfide) groups is 1. The first-order valence-corrected chi connectivity index (χ1v) is 7.20. The summed E-state index contributed by atoms with van der Waals surface area (Å²) in [6.45, 7) is 4.31. The number of hydrogen-bond acceptors (Lipinski definition) is 5. The average Bonchev–Trinajstić information content (AvgIpc) is 2.25. The van der Waals surface area contributed by atoms with Crippen LogP contribution in [0.15, 0.2) is 10.8 Å². The van der Waals surface area contributed by atoms with Crippen LogP contribution in [0.2, 0.25) is 0 Å². The minimum atomic E-state index is 0.379. The van der Waals surface area contributed by atoms with Gasteiger partial charge < -0.3 is 11.1 Å². The van der Waals surface area contributed by atoms with Crippen molar-refractivity contribution in [1.29, 1.82) is 0 Å². The van der Waals surface area contributed by atoms with Crippen LogP contribution in [0.4, 0.5) is 11.6 Å². The normalized spacial score (nSPS) is 12.4. The van der Waals surface area contributed by atoms with Crippen LogP contribution >= 0.6 is 27.7 Å². The Balaban J connectivity index is 2.49. The Kier molecular flexibility index (Phi) is 5.90. The van der Waals surface area contributed by atoms with Gasteiger partial charge in [-0.15, -0.1) is 0 Å². The number of anilines is 2. The molecule has 0 aliphatic carbocycles. The topological polar surface area (TPSA) is 63.8 Å². The number of nitrogens with zero attached hydrogens (tertiary/aromatic N) is 2. The Bertz CT molecular complexity index is 335. The van der Waals surface area contributed by atoms with Crippen molar-refractivity contribution in [3.63, 3.8) is 0 Å². The van der Waals surface area contributed by atoms with Crippen LogP contribution in [0.3, 0.4) is 0 Å². The van der Waals surface area contributed by atoms with Gasteiger partial charge in [-0.25, -0.2) is 9.97 Å². The zero-order valence-corrected chi connectivity index (χ0v) is 11.9. The molecular weight excluding hydrogens is 288 g/mol. The molecule has 0 radical (unpaired) electrons. The van der Waals surface area contributed by atoms with E-state index in [2.05, 4.69) is 45.1 Å². The fourth-order valence-electron chi connectivity index (χ4n) is 1.19. The lowest BCUT2D eigenvalue weighted by Crippen LogP contribution is -2.17. The van der Waals surface area contributed by atoms with Crippen molar-refractivity contribution < 1.29 is 0 Å². The van der Waals surface area contributed by atoms with Gasteiger partial charge in [0.05, 0.1) is 0 Å². The fraction of sp³-hybridized carbons (Fsp3) is 0.600. The molecule has 90 valence electrons. The Morgan fingerprint density at radius 2 is 2.31 bits per heavy atom. The number of nitrogens with one attached hydrogen (secondary N) is 1. The van der Waals surface area contributed by atoms with E-state index in [1.54, 1.807) is 0 Å². The van der Waals surface area contributed by atoms with E-state index in [4.69, 9.17) is 5.73 Å². The lowest BCUT2D eigenvalue weighted by molar-refractivity contribution is 0.765. The van der Waals surface area contributed by atoms with E-state index in [0.29, 0.717) is 11.9 Å². The van der Waals surface area contributed by atoms with Gasteiger partial charge in [0.1, 0.15) is 22.4 Å². The van der Waals surface area contributed by atoms with E-state index >= 15 is 0 Å². The van der Waals surface area contributed by atoms with Crippen molar-refractivity contribution in [3.05, 3.63) is 10.8 Å². The van der Waals surface area contributed by atoms with Gasteiger partial charge in [-0.05, 0) is 40.8 Å². The molecule has 4 nitrogen and oxygen atoms in total. The van der Waals surface area contributed by atoms with Gasteiger partial charge in [-0.2, -0.15) is 11.8 Å². The minimum absolute atomic E-state index is 0.379. The third kappa shape index (κ3) is 4.17. The molecule has 0 amide bonds. The van der Waals surface area contributed by atoms with Crippen LogP contribution in [-0.2, 0) is 0 Å². The first-order chi connectivity index (χ1) is 7.65. The number of rotatable bonds is 6. The zero-order valence-electron chi connectivity index (χ0n) is 9.53. The molecule has 1 heterocycles. The van der Waals surface area contributed by atoms with Crippen molar-refractivity contribution >= 4 is 39.3 Å². The van der Waals surface area contributed by atoms with Gasteiger partial charge in [0.15, 0.2) is 0 Å². The van der Waals surface area contributed by atoms with Crippen LogP contribution in [0.25, 0.3) is 0 Å². The molecule has 1 atom stereocenters. The highest BCUT2D eigenvalue weighted by Crippen LogP contribution is 2.24. The first-order valence-electron chi connectivity index (χ1n) is 5.25. The number of halogens is 1. The molecule has 0 aliphatic rings. The summed E-state index contributed by atoms with van der Waals surface area (Å²) in [6, 6.07) is 0.379. The zero-order chi connectivity index (χ0) is 12.0. The Hall–Kier alpha value is -0.490. The first kappa shape index (κ1) is 13.6. The van der Waals surface area contributed by atoms with E-state index in [9.17, 15) is 0 Å². The predicted molar refractivity (Wildman–Crippen MR) is 74.8 cm³/mol. The van der Waals surface area contributed by atoms with Crippen LogP contribution in [0.1, 0.15) is 20.3 Å². The van der Waals surface area contributed by atoms with Crippen LogP contribution in [-0.4, -0.2) is 27.5 Å². The number of aromatic nitrogens is 2. The Morgan fingerprint density at radius 1 is 1.56 bits per heavy atom. The van der Waals surface area contributed by atoms with Crippen LogP contribution in [0, 0.1) is 0 Å². The Labute approximate surface area is 109 Å². The maximum Gasteiger partial charge on any atom is 0.146 e. The van der Waals surface area contributed by atoms with E-state index in [1.165, 1.54) is 6.33 Å². The molecule has 0 spiro atoms. The highest BCUT2D eigenvalue weighted by atomic mass is 79.9. The van der Waals surface area contributed by atoms with Crippen molar-refractivity contribution in [2.45, 2.75) is 26.3 Å². The number of nitrogens with two attached hydrogens (primary N) is 1. The van der Waals surface area contributed by atoms with Crippen molar-refractivity contribution in [3.8, 4) is 0 Å². The monoisotopic (exact) mass is 304 g/mol. The second-order valence-corrected chi connectivity index (χ2v) is 5.64. The summed E-state index contributed by atoms with van der Waals surface area (Å²) in [5.74, 6) is 3.55. The van der Waals surface area contributed by atoms with E-state index < -0.39 is 0 Å². The average molecular weight is 305 g/mol. The minimum Gasteiger partial charge on any atom is -0.383 e. The molecule has 1 aromatic rings. The molecule has 1 unspecified atom stereocenters. The second kappa shape index (κ2) is 6.96. The van der Waals surface area contributed by atoms with Crippen LogP contribution in [0.5, 0.6) is 0 Å². The summed E-state index contributed by atoms with van der Waals surface area (Å²) in [5, 5.41) is 3.32. The quantitative estimate of drug-likeness (QED) is 0.791. The second-order valence-electron chi connectivity index (χ2n) is 3.45. The van der Waals surface area contributed by atoms with Crippen molar-refractivity contribution in [1.82, 2.24) is 9.97 Å². The SMILES string of the molecule is CCSCCC(C)Nc1ncnc(N)c1Br. The van der Waals surface area contributed by atoms with Gasteiger partial charge in [-0.3, -0.25) is 0 Å². The molecule has 0 bridgehead atoms. The van der Waals surface area contributed by atoms with Crippen molar-refractivity contribution in [2.75, 3.05) is 22.6 Å². The molecule has 16 heavy (non-hydrogen) atoms. The van der Waals surface area contributed by atoms with Gasteiger partial charge in [0.2, 0.25) is 0 Å². The molecule has 0 fully saturated rings. The van der Waals surface area contributed by atoms with E-state index in [-0.39, 0.29) is 0 Å². The van der Waals surface area contributed by atoms with Gasteiger partial charge in [0.25, 0.3) is 0 Å². The smallest absolute Gasteiger partial charge is 0.146 e. The molecule has 3 N–H and O–H groups in total. The maximum atomic E-state index is 5.68. The van der Waals surface area contributed by atoms with Crippen LogP contribution < -0.4 is 11.1 Å². The number of hydrogen-bond donors (Lipinski definition) is 2. The van der Waals surface area contributed by atoms with Gasteiger partial charge in [-0.1, -0.05) is 6.92 Å². The lowest BCUT2D eigenvalue weighted by atomic mass is 10.2. The number of nitrogen functional groups attached to an aromatic ring is 1. The van der Waals surface area contributed by atoms with Gasteiger partial charge in [0, 0.05) is 6.04 Å². The summed E-state index contributed by atoms with van der Waals surface area (Å²) in [5.41, 5.74) is 5.68. The predicted octanol–water partition coefficient (Wildman–Crippen LogP) is 2.76. The molecule has 6 heteroatoms. The molecule has 0 aromatic carbocycles. The third-order valence-electron chi connectivity index (χ3n) is 2.10. The summed E-state index contributed by atoms with van der Waals surface area (Å²) in [7, 11) is 0. The molecule has 1 aromatic heterocycles. The summed E-state index contributed by atoms with van der Waals surface area (Å²) in [4.78, 5) is 8.05. The van der Waals surface area contributed by atoms with Gasteiger partial charge >= 0.3 is 0 Å². The standard InChI is InChI=1S/C10H17BrN4S/c1-3-16-5-4-7(2)15-10-8(11)9(12)13-6-14-10/h6-7H,3-5H2,1-2H3,(H3,12,13,14,15). The van der Waals surface area contributed by atoms with E-state index in [0.717, 1.165) is 28.2 Å². The molecule has 1 rings (SSSR count). The van der Waals surface area contributed by atoms with Crippen molar-refractivity contribution in [2.24, 2.45) is 0 Å². The maximum absolute atomic E-state index is 5.68. The molecule has 0 saturated carbocycles. The summed E-state index contributed by atoms with van der Waals surface area (Å²) in [6.07, 6.45) is 2.57. The summed E-state index contributed by atoms with van der Waals surface area (Å²) < 4.78 is 0.741. The highest BCUT2D eigenvalue weighted by molar-refractivity contribution is 9.10. The van der Waals surface area contributed by atoms with E-state index in [1.807, 2.05) is 11.8 Å².